The Hall–Kier alpha value is -1.95. The van der Waals surface area contributed by atoms with Crippen LogP contribution in [0.15, 0.2) is 29.3 Å². The highest BCUT2D eigenvalue weighted by atomic mass is 19.1. The van der Waals surface area contributed by atoms with E-state index in [0.717, 1.165) is 6.07 Å². The number of halogens is 1. The quantitative estimate of drug-likeness (QED) is 0.497. The van der Waals surface area contributed by atoms with Crippen molar-refractivity contribution in [3.63, 3.8) is 0 Å². The molecule has 0 aliphatic carbocycles. The van der Waals surface area contributed by atoms with Crippen LogP contribution in [-0.2, 0) is 9.47 Å². The average molecular weight is 296 g/mol. The number of hydrogen-bond donors (Lipinski definition) is 1. The van der Waals surface area contributed by atoms with Crippen molar-refractivity contribution >= 4 is 11.9 Å². The smallest absolute Gasteiger partial charge is 0.291 e. The third kappa shape index (κ3) is 6.85. The molecule has 0 fully saturated rings. The van der Waals surface area contributed by atoms with Crippen LogP contribution in [0.5, 0.6) is 0 Å². The molecular weight excluding hydrogens is 275 g/mol. The van der Waals surface area contributed by atoms with Gasteiger partial charge in [0, 0.05) is 12.7 Å². The number of amidine groups is 1. The first kappa shape index (κ1) is 17.1. The predicted octanol–water partition coefficient (Wildman–Crippen LogP) is 2.23. The Morgan fingerprint density at radius 1 is 1.43 bits per heavy atom. The molecule has 0 atom stereocenters. The zero-order valence-electron chi connectivity index (χ0n) is 12.6. The number of carbonyl (C=O) groups is 1. The second-order valence-corrected chi connectivity index (χ2v) is 4.85. The van der Waals surface area contributed by atoms with Crippen LogP contribution in [0.1, 0.15) is 24.2 Å². The largest absolute Gasteiger partial charge is 0.465 e. The lowest BCUT2D eigenvalue weighted by Gasteiger charge is -2.12. The van der Waals surface area contributed by atoms with Crippen molar-refractivity contribution in [1.82, 2.24) is 5.32 Å². The summed E-state index contributed by atoms with van der Waals surface area (Å²) in [5.74, 6) is -0.637. The normalized spacial score (nSPS) is 11.6. The van der Waals surface area contributed by atoms with Crippen molar-refractivity contribution < 1.29 is 18.7 Å². The highest BCUT2D eigenvalue weighted by Crippen LogP contribution is 2.03. The third-order valence-electron chi connectivity index (χ3n) is 2.41. The molecule has 1 rings (SSSR count). The standard InChI is InChI=1S/C15H21FN2O3/c1-11(2)10-21-15(17-7-8-20-3)18-14(19)12-5-4-6-13(16)9-12/h4-6,9,11H,7-8,10H2,1-3H3,(H,17,18,19). The summed E-state index contributed by atoms with van der Waals surface area (Å²) >= 11 is 0. The number of amides is 1. The van der Waals surface area contributed by atoms with E-state index in [1.165, 1.54) is 18.2 Å². The molecule has 1 aromatic rings. The SMILES string of the molecule is COCCN=C(NC(=O)c1cccc(F)c1)OCC(C)C. The molecule has 116 valence electrons. The molecule has 0 heterocycles. The first-order chi connectivity index (χ1) is 10.0. The lowest BCUT2D eigenvalue weighted by Crippen LogP contribution is -2.33. The van der Waals surface area contributed by atoms with Crippen molar-refractivity contribution in [1.29, 1.82) is 0 Å². The fourth-order valence-electron chi connectivity index (χ4n) is 1.40. The van der Waals surface area contributed by atoms with Crippen LogP contribution >= 0.6 is 0 Å². The predicted molar refractivity (Wildman–Crippen MR) is 78.8 cm³/mol. The summed E-state index contributed by atoms with van der Waals surface area (Å²) < 4.78 is 23.4. The van der Waals surface area contributed by atoms with Crippen LogP contribution in [0.25, 0.3) is 0 Å². The van der Waals surface area contributed by atoms with Gasteiger partial charge >= 0.3 is 0 Å². The number of aliphatic imine (C=N–C) groups is 1. The van der Waals surface area contributed by atoms with E-state index in [9.17, 15) is 9.18 Å². The second-order valence-electron chi connectivity index (χ2n) is 4.85. The minimum absolute atomic E-state index is 0.120. The Labute approximate surface area is 124 Å². The van der Waals surface area contributed by atoms with Gasteiger partial charge in [0.1, 0.15) is 5.82 Å². The number of rotatable bonds is 6. The Bertz CT molecular complexity index is 490. The van der Waals surface area contributed by atoms with Crippen molar-refractivity contribution in [2.45, 2.75) is 13.8 Å². The van der Waals surface area contributed by atoms with E-state index in [0.29, 0.717) is 25.7 Å². The molecule has 1 aromatic carbocycles. The highest BCUT2D eigenvalue weighted by Gasteiger charge is 2.11. The fourth-order valence-corrected chi connectivity index (χ4v) is 1.40. The number of nitrogens with one attached hydrogen (secondary N) is 1. The maximum Gasteiger partial charge on any atom is 0.291 e. The van der Waals surface area contributed by atoms with Crippen LogP contribution in [0, 0.1) is 11.7 Å². The van der Waals surface area contributed by atoms with Gasteiger partial charge in [-0.3, -0.25) is 10.1 Å². The molecule has 0 aromatic heterocycles. The van der Waals surface area contributed by atoms with Gasteiger partial charge in [-0.1, -0.05) is 19.9 Å². The molecule has 5 nitrogen and oxygen atoms in total. The van der Waals surface area contributed by atoms with E-state index >= 15 is 0 Å². The van der Waals surface area contributed by atoms with Crippen molar-refractivity contribution in [2.24, 2.45) is 10.9 Å². The molecule has 0 aliphatic heterocycles. The number of benzene rings is 1. The molecule has 0 radical (unpaired) electrons. The minimum atomic E-state index is -0.469. The first-order valence-electron chi connectivity index (χ1n) is 6.76. The zero-order chi connectivity index (χ0) is 15.7. The van der Waals surface area contributed by atoms with Crippen LogP contribution in [0.4, 0.5) is 4.39 Å². The maximum atomic E-state index is 13.1. The first-order valence-corrected chi connectivity index (χ1v) is 6.76. The fraction of sp³-hybridized carbons (Fsp3) is 0.467. The van der Waals surface area contributed by atoms with Gasteiger partial charge in [0.25, 0.3) is 11.9 Å². The molecule has 0 bridgehead atoms. The van der Waals surface area contributed by atoms with Crippen LogP contribution in [0.2, 0.25) is 0 Å². The number of hydrogen-bond acceptors (Lipinski definition) is 4. The van der Waals surface area contributed by atoms with Gasteiger partial charge in [0.15, 0.2) is 0 Å². The summed E-state index contributed by atoms with van der Waals surface area (Å²) in [5.41, 5.74) is 0.211. The molecular formula is C15H21FN2O3. The zero-order valence-corrected chi connectivity index (χ0v) is 12.6. The maximum absolute atomic E-state index is 13.1. The molecule has 1 N–H and O–H groups in total. The third-order valence-corrected chi connectivity index (χ3v) is 2.41. The second kappa shape index (κ2) is 9.07. The summed E-state index contributed by atoms with van der Waals surface area (Å²) in [5, 5.41) is 2.54. The van der Waals surface area contributed by atoms with Gasteiger partial charge in [-0.2, -0.15) is 0 Å². The Balaban J connectivity index is 2.70. The van der Waals surface area contributed by atoms with E-state index in [4.69, 9.17) is 9.47 Å². The molecule has 6 heteroatoms. The summed E-state index contributed by atoms with van der Waals surface area (Å²) in [7, 11) is 1.56. The summed E-state index contributed by atoms with van der Waals surface area (Å²) in [6.45, 7) is 5.19. The number of methoxy groups -OCH3 is 1. The summed E-state index contributed by atoms with van der Waals surface area (Å²) in [4.78, 5) is 16.1. The molecule has 0 unspecified atom stereocenters. The Kier molecular flexibility index (Phi) is 7.39. The highest BCUT2D eigenvalue weighted by molar-refractivity contribution is 6.04. The van der Waals surface area contributed by atoms with Crippen molar-refractivity contribution in [2.75, 3.05) is 26.9 Å². The summed E-state index contributed by atoms with van der Waals surface area (Å²) in [6, 6.07) is 5.55. The number of ether oxygens (including phenoxy) is 2. The number of nitrogens with zero attached hydrogens (tertiary/aromatic N) is 1. The van der Waals surface area contributed by atoms with E-state index in [1.54, 1.807) is 7.11 Å². The van der Waals surface area contributed by atoms with Gasteiger partial charge in [0.05, 0.1) is 19.8 Å². The van der Waals surface area contributed by atoms with E-state index in [2.05, 4.69) is 10.3 Å². The Morgan fingerprint density at radius 3 is 2.81 bits per heavy atom. The van der Waals surface area contributed by atoms with Gasteiger partial charge in [-0.25, -0.2) is 9.38 Å². The lowest BCUT2D eigenvalue weighted by molar-refractivity contribution is 0.0962. The van der Waals surface area contributed by atoms with Crippen LogP contribution in [-0.4, -0.2) is 38.8 Å². The monoisotopic (exact) mass is 296 g/mol. The van der Waals surface area contributed by atoms with E-state index in [1.807, 2.05) is 13.8 Å². The van der Waals surface area contributed by atoms with Crippen molar-refractivity contribution in [3.05, 3.63) is 35.6 Å². The molecule has 0 aliphatic rings. The van der Waals surface area contributed by atoms with E-state index < -0.39 is 11.7 Å². The average Bonchev–Trinajstić information content (AvgIpc) is 2.44. The topological polar surface area (TPSA) is 59.9 Å². The van der Waals surface area contributed by atoms with Gasteiger partial charge in [0.2, 0.25) is 0 Å². The summed E-state index contributed by atoms with van der Waals surface area (Å²) in [6.07, 6.45) is 0. The van der Waals surface area contributed by atoms with Gasteiger partial charge in [-0.05, 0) is 24.1 Å². The minimum Gasteiger partial charge on any atom is -0.465 e. The van der Waals surface area contributed by atoms with Crippen LogP contribution < -0.4 is 5.32 Å². The van der Waals surface area contributed by atoms with Crippen molar-refractivity contribution in [3.8, 4) is 0 Å². The molecule has 21 heavy (non-hydrogen) atoms. The van der Waals surface area contributed by atoms with Crippen LogP contribution in [0.3, 0.4) is 0 Å². The lowest BCUT2D eigenvalue weighted by atomic mass is 10.2. The molecule has 0 saturated carbocycles. The number of carbonyl (C=O) groups excluding carboxylic acids is 1. The molecule has 1 amide bonds. The van der Waals surface area contributed by atoms with Gasteiger partial charge < -0.3 is 9.47 Å². The van der Waals surface area contributed by atoms with E-state index in [-0.39, 0.29) is 11.6 Å². The van der Waals surface area contributed by atoms with Gasteiger partial charge in [-0.15, -0.1) is 0 Å². The molecule has 0 spiro atoms. The molecule has 0 saturated heterocycles. The Morgan fingerprint density at radius 2 is 2.19 bits per heavy atom.